The molecule has 1 atom stereocenters. The number of carboxylic acids is 1. The number of nitrogens with zero attached hydrogens (tertiary/aromatic N) is 2. The summed E-state index contributed by atoms with van der Waals surface area (Å²) in [5.74, 6) is -0.684. The molecule has 126 valence electrons. The average Bonchev–Trinajstić information content (AvgIpc) is 3.07. The maximum Gasteiger partial charge on any atom is 0.323 e. The summed E-state index contributed by atoms with van der Waals surface area (Å²) in [6.07, 6.45) is 1.27. The predicted molar refractivity (Wildman–Crippen MR) is 92.7 cm³/mol. The molecule has 1 aromatic carbocycles. The van der Waals surface area contributed by atoms with Gasteiger partial charge in [0.25, 0.3) is 5.91 Å². The molecule has 9 heteroatoms. The van der Waals surface area contributed by atoms with Crippen molar-refractivity contribution in [2.45, 2.75) is 18.9 Å². The first-order valence-corrected chi connectivity index (χ1v) is 7.97. The largest absolute Gasteiger partial charge is 0.480 e. The third-order valence-electron chi connectivity index (χ3n) is 3.75. The van der Waals surface area contributed by atoms with Crippen molar-refractivity contribution in [1.82, 2.24) is 20.2 Å². The van der Waals surface area contributed by atoms with E-state index in [1.54, 1.807) is 0 Å². The number of amides is 1. The minimum atomic E-state index is -1.08. The van der Waals surface area contributed by atoms with Gasteiger partial charge in [0.05, 0.1) is 11.0 Å². The number of carbonyl (C=O) groups is 2. The Kier molecular flexibility index (Phi) is 4.61. The van der Waals surface area contributed by atoms with Gasteiger partial charge in [-0.05, 0) is 37.2 Å². The molecule has 1 amide bonds. The highest BCUT2D eigenvalue weighted by Gasteiger charge is 2.35. The first kappa shape index (κ1) is 16.2. The maximum atomic E-state index is 12.1. The molecule has 4 N–H and O–H groups in total. The molecule has 1 aliphatic rings. The van der Waals surface area contributed by atoms with E-state index >= 15 is 0 Å². The van der Waals surface area contributed by atoms with Gasteiger partial charge in [-0.3, -0.25) is 14.5 Å². The number of imidazole rings is 1. The summed E-state index contributed by atoms with van der Waals surface area (Å²) in [4.78, 5) is 31.5. The summed E-state index contributed by atoms with van der Waals surface area (Å²) in [6.45, 7) is 0.232. The van der Waals surface area contributed by atoms with Crippen LogP contribution in [-0.2, 0) is 9.59 Å². The number of thiocarbonyl (C=S) groups is 1. The zero-order valence-electron chi connectivity index (χ0n) is 12.8. The van der Waals surface area contributed by atoms with Crippen LogP contribution in [0.5, 0.6) is 0 Å². The van der Waals surface area contributed by atoms with Crippen molar-refractivity contribution in [3.05, 3.63) is 24.3 Å². The van der Waals surface area contributed by atoms with Gasteiger partial charge in [0.15, 0.2) is 5.11 Å². The lowest BCUT2D eigenvalue weighted by Gasteiger charge is -2.11. The van der Waals surface area contributed by atoms with E-state index in [0.29, 0.717) is 25.3 Å². The van der Waals surface area contributed by atoms with E-state index in [2.05, 4.69) is 20.6 Å². The highest BCUT2D eigenvalue weighted by molar-refractivity contribution is 7.80. The van der Waals surface area contributed by atoms with Gasteiger partial charge in [-0.25, -0.2) is 4.98 Å². The number of anilines is 1. The summed E-state index contributed by atoms with van der Waals surface area (Å²) in [7, 11) is 0. The Morgan fingerprint density at radius 3 is 2.96 bits per heavy atom. The normalized spacial score (nSPS) is 17.3. The van der Waals surface area contributed by atoms with Crippen LogP contribution in [0.25, 0.3) is 11.0 Å². The van der Waals surface area contributed by atoms with Gasteiger partial charge >= 0.3 is 5.97 Å². The van der Waals surface area contributed by atoms with Crippen molar-refractivity contribution in [3.8, 4) is 0 Å². The Morgan fingerprint density at radius 1 is 1.42 bits per heavy atom. The smallest absolute Gasteiger partial charge is 0.323 e. The number of aromatic nitrogens is 2. The number of carboxylic acid groups (broad SMARTS) is 1. The Labute approximate surface area is 143 Å². The molecule has 0 saturated carbocycles. The molecule has 0 spiro atoms. The van der Waals surface area contributed by atoms with Gasteiger partial charge in [-0.1, -0.05) is 12.1 Å². The number of aliphatic carboxylic acids is 1. The van der Waals surface area contributed by atoms with Crippen LogP contribution in [0.3, 0.4) is 0 Å². The number of carbonyl (C=O) groups excluding carboxylic acids is 1. The minimum Gasteiger partial charge on any atom is -0.480 e. The Balaban J connectivity index is 1.47. The first-order chi connectivity index (χ1) is 11.5. The SMILES string of the molecule is O=C(O)CN1C(=O)[C@H](CCCNc2nc3ccccc3[nH]2)NC1=S. The van der Waals surface area contributed by atoms with Crippen LogP contribution in [0.15, 0.2) is 24.3 Å². The fourth-order valence-electron chi connectivity index (χ4n) is 2.61. The van der Waals surface area contributed by atoms with Crippen LogP contribution < -0.4 is 10.6 Å². The Morgan fingerprint density at radius 2 is 2.21 bits per heavy atom. The number of hydrogen-bond acceptors (Lipinski definition) is 5. The van der Waals surface area contributed by atoms with Crippen LogP contribution in [0.1, 0.15) is 12.8 Å². The van der Waals surface area contributed by atoms with Crippen molar-refractivity contribution in [2.75, 3.05) is 18.4 Å². The number of para-hydroxylation sites is 2. The Hall–Kier alpha value is -2.68. The number of rotatable bonds is 7. The van der Waals surface area contributed by atoms with E-state index in [4.69, 9.17) is 17.3 Å². The van der Waals surface area contributed by atoms with Gasteiger partial charge in [0, 0.05) is 6.54 Å². The number of H-pyrrole nitrogens is 1. The van der Waals surface area contributed by atoms with Gasteiger partial charge in [-0.2, -0.15) is 0 Å². The van der Waals surface area contributed by atoms with Gasteiger partial charge < -0.3 is 20.7 Å². The highest BCUT2D eigenvalue weighted by Crippen LogP contribution is 2.14. The van der Waals surface area contributed by atoms with Crippen LogP contribution in [0, 0.1) is 0 Å². The molecule has 1 aromatic heterocycles. The summed E-state index contributed by atoms with van der Waals surface area (Å²) in [6, 6.07) is 7.28. The maximum absolute atomic E-state index is 12.1. The van der Waals surface area contributed by atoms with Crippen LogP contribution in [0.2, 0.25) is 0 Å². The monoisotopic (exact) mass is 347 g/mol. The van der Waals surface area contributed by atoms with E-state index in [1.165, 1.54) is 0 Å². The third kappa shape index (κ3) is 3.46. The summed E-state index contributed by atoms with van der Waals surface area (Å²) in [5.41, 5.74) is 1.85. The van der Waals surface area contributed by atoms with E-state index in [0.717, 1.165) is 15.9 Å². The zero-order valence-corrected chi connectivity index (χ0v) is 13.6. The molecule has 2 heterocycles. The number of nitrogens with one attached hydrogen (secondary N) is 3. The number of hydrogen-bond donors (Lipinski definition) is 4. The molecule has 8 nitrogen and oxygen atoms in total. The predicted octanol–water partition coefficient (Wildman–Crippen LogP) is 0.925. The third-order valence-corrected chi connectivity index (χ3v) is 4.09. The lowest BCUT2D eigenvalue weighted by atomic mass is 10.1. The molecule has 1 fully saturated rings. The zero-order chi connectivity index (χ0) is 17.1. The minimum absolute atomic E-state index is 0.178. The molecule has 0 aliphatic carbocycles. The van der Waals surface area contributed by atoms with Gasteiger partial charge in [0.1, 0.15) is 12.6 Å². The highest BCUT2D eigenvalue weighted by atomic mass is 32.1. The second kappa shape index (κ2) is 6.83. The molecular formula is C15H17N5O3S. The molecule has 24 heavy (non-hydrogen) atoms. The van der Waals surface area contributed by atoms with Crippen molar-refractivity contribution in [3.63, 3.8) is 0 Å². The van der Waals surface area contributed by atoms with Gasteiger partial charge in [-0.15, -0.1) is 0 Å². The molecule has 1 saturated heterocycles. The van der Waals surface area contributed by atoms with Gasteiger partial charge in [0.2, 0.25) is 5.95 Å². The lowest BCUT2D eigenvalue weighted by molar-refractivity contribution is -0.141. The molecular weight excluding hydrogens is 330 g/mol. The summed E-state index contributed by atoms with van der Waals surface area (Å²) >= 11 is 5.01. The fourth-order valence-corrected chi connectivity index (χ4v) is 2.90. The summed E-state index contributed by atoms with van der Waals surface area (Å²) in [5, 5.41) is 15.0. The number of aromatic amines is 1. The molecule has 0 unspecified atom stereocenters. The van der Waals surface area contributed by atoms with E-state index < -0.39 is 18.6 Å². The standard InChI is InChI=1S/C15H17N5O3S/c21-12(22)8-20-13(23)11(19-15(20)24)6-3-7-16-14-17-9-4-1-2-5-10(9)18-14/h1-2,4-5,11H,3,6-8H2,(H,19,24)(H,21,22)(H2,16,17,18)/t11-/m0/s1. The van der Waals surface area contributed by atoms with Crippen LogP contribution >= 0.6 is 12.2 Å². The van der Waals surface area contributed by atoms with Crippen LogP contribution in [-0.4, -0.2) is 56.1 Å². The van der Waals surface area contributed by atoms with Crippen molar-refractivity contribution in [2.24, 2.45) is 0 Å². The second-order valence-corrected chi connectivity index (χ2v) is 5.88. The second-order valence-electron chi connectivity index (χ2n) is 5.49. The van der Waals surface area contributed by atoms with E-state index in [-0.39, 0.29) is 11.0 Å². The summed E-state index contributed by atoms with van der Waals surface area (Å²) < 4.78 is 0. The average molecular weight is 347 g/mol. The number of benzene rings is 1. The molecule has 0 bridgehead atoms. The van der Waals surface area contributed by atoms with E-state index in [9.17, 15) is 9.59 Å². The molecule has 3 rings (SSSR count). The fraction of sp³-hybridized carbons (Fsp3) is 0.333. The quantitative estimate of drug-likeness (QED) is 0.435. The topological polar surface area (TPSA) is 110 Å². The molecule has 1 aliphatic heterocycles. The van der Waals surface area contributed by atoms with Crippen molar-refractivity contribution in [1.29, 1.82) is 0 Å². The lowest BCUT2D eigenvalue weighted by Crippen LogP contribution is -2.36. The Bertz CT molecular complexity index is 757. The number of fused-ring (bicyclic) bond motifs is 1. The van der Waals surface area contributed by atoms with Crippen molar-refractivity contribution >= 4 is 46.2 Å². The molecule has 2 aromatic rings. The van der Waals surface area contributed by atoms with Crippen molar-refractivity contribution < 1.29 is 14.7 Å². The first-order valence-electron chi connectivity index (χ1n) is 7.57. The van der Waals surface area contributed by atoms with Crippen LogP contribution in [0.4, 0.5) is 5.95 Å². The molecule has 0 radical (unpaired) electrons. The van der Waals surface area contributed by atoms with E-state index in [1.807, 2.05) is 24.3 Å².